The number of amides is 1. The molecule has 1 amide bonds. The summed E-state index contributed by atoms with van der Waals surface area (Å²) >= 11 is 0. The lowest BCUT2D eigenvalue weighted by atomic mass is 10.2. The zero-order valence-corrected chi connectivity index (χ0v) is 10.2. The Kier molecular flexibility index (Phi) is 3.92. The number of anilines is 2. The average molecular weight is 258 g/mol. The number of nitrogens with one attached hydrogen (secondary N) is 1. The third-order valence-electron chi connectivity index (χ3n) is 2.57. The van der Waals surface area contributed by atoms with E-state index in [9.17, 15) is 9.59 Å². The van der Waals surface area contributed by atoms with Crippen LogP contribution in [0, 0.1) is 0 Å². The zero-order chi connectivity index (χ0) is 13.7. The van der Waals surface area contributed by atoms with E-state index in [1.165, 1.54) is 16.9 Å². The van der Waals surface area contributed by atoms with Crippen LogP contribution < -0.4 is 16.6 Å². The van der Waals surface area contributed by atoms with Gasteiger partial charge in [-0.1, -0.05) is 12.1 Å². The third kappa shape index (κ3) is 3.41. The van der Waals surface area contributed by atoms with Crippen molar-refractivity contribution in [3.05, 3.63) is 52.9 Å². The fourth-order valence-electron chi connectivity index (χ4n) is 1.59. The molecular weight excluding hydrogens is 244 g/mol. The van der Waals surface area contributed by atoms with E-state index in [1.54, 1.807) is 30.3 Å². The molecule has 1 heterocycles. The second kappa shape index (κ2) is 5.81. The van der Waals surface area contributed by atoms with E-state index in [2.05, 4.69) is 10.4 Å². The number of aromatic nitrogens is 2. The number of rotatable bonds is 4. The second-order valence-corrected chi connectivity index (χ2v) is 3.97. The van der Waals surface area contributed by atoms with Crippen molar-refractivity contribution in [2.75, 3.05) is 11.1 Å². The summed E-state index contributed by atoms with van der Waals surface area (Å²) in [4.78, 5) is 23.1. The predicted molar refractivity (Wildman–Crippen MR) is 72.6 cm³/mol. The first-order chi connectivity index (χ1) is 9.16. The standard InChI is InChI=1S/C13H14N4O2/c14-10-4-1-2-5-11(10)16-12(18)7-9-17-13(19)6-3-8-15-17/h1-6,8H,7,9,14H2,(H,16,18). The molecule has 0 saturated heterocycles. The molecule has 2 rings (SSSR count). The predicted octanol–water partition coefficient (Wildman–Crippen LogP) is 0.854. The van der Waals surface area contributed by atoms with Crippen LogP contribution >= 0.6 is 0 Å². The first-order valence-corrected chi connectivity index (χ1v) is 5.83. The molecule has 19 heavy (non-hydrogen) atoms. The van der Waals surface area contributed by atoms with E-state index in [0.717, 1.165) is 0 Å². The van der Waals surface area contributed by atoms with Gasteiger partial charge in [0.25, 0.3) is 5.56 Å². The van der Waals surface area contributed by atoms with E-state index in [0.29, 0.717) is 11.4 Å². The summed E-state index contributed by atoms with van der Waals surface area (Å²) in [6.07, 6.45) is 1.67. The summed E-state index contributed by atoms with van der Waals surface area (Å²) in [6, 6.07) is 9.97. The van der Waals surface area contributed by atoms with Gasteiger partial charge in [-0.15, -0.1) is 0 Å². The number of aryl methyl sites for hydroxylation is 1. The third-order valence-corrected chi connectivity index (χ3v) is 2.57. The minimum absolute atomic E-state index is 0.158. The number of carbonyl (C=O) groups is 1. The lowest BCUT2D eigenvalue weighted by Crippen LogP contribution is -2.24. The molecule has 0 atom stereocenters. The van der Waals surface area contributed by atoms with Crippen molar-refractivity contribution in [1.82, 2.24) is 9.78 Å². The number of hydrogen-bond acceptors (Lipinski definition) is 4. The van der Waals surface area contributed by atoms with Crippen LogP contribution in [0.4, 0.5) is 11.4 Å². The molecule has 2 aromatic rings. The van der Waals surface area contributed by atoms with Crippen LogP contribution in [-0.4, -0.2) is 15.7 Å². The molecule has 98 valence electrons. The molecule has 0 aliphatic carbocycles. The van der Waals surface area contributed by atoms with Crippen LogP contribution in [0.1, 0.15) is 6.42 Å². The lowest BCUT2D eigenvalue weighted by Gasteiger charge is -2.08. The number of nitrogens with two attached hydrogens (primary N) is 1. The highest BCUT2D eigenvalue weighted by Crippen LogP contribution is 2.16. The number of nitrogens with zero attached hydrogens (tertiary/aromatic N) is 2. The average Bonchev–Trinajstić information content (AvgIpc) is 2.40. The smallest absolute Gasteiger partial charge is 0.266 e. The minimum Gasteiger partial charge on any atom is -0.397 e. The Balaban J connectivity index is 1.94. The molecule has 6 heteroatoms. The number of nitrogen functional groups attached to an aromatic ring is 1. The number of carbonyl (C=O) groups excluding carboxylic acids is 1. The van der Waals surface area contributed by atoms with Crippen LogP contribution in [0.3, 0.4) is 0 Å². The van der Waals surface area contributed by atoms with Gasteiger partial charge in [-0.3, -0.25) is 9.59 Å². The van der Waals surface area contributed by atoms with Crippen LogP contribution in [0.25, 0.3) is 0 Å². The number of para-hydroxylation sites is 2. The first-order valence-electron chi connectivity index (χ1n) is 5.83. The molecule has 1 aromatic heterocycles. The SMILES string of the molecule is Nc1ccccc1NC(=O)CCn1ncccc1=O. The van der Waals surface area contributed by atoms with Crippen molar-refractivity contribution in [3.63, 3.8) is 0 Å². The van der Waals surface area contributed by atoms with Gasteiger partial charge in [0, 0.05) is 18.7 Å². The van der Waals surface area contributed by atoms with Crippen LogP contribution in [0.15, 0.2) is 47.4 Å². The molecule has 0 radical (unpaired) electrons. The highest BCUT2D eigenvalue weighted by Gasteiger charge is 2.05. The van der Waals surface area contributed by atoms with E-state index in [4.69, 9.17) is 5.73 Å². The highest BCUT2D eigenvalue weighted by molar-refractivity contribution is 5.93. The normalized spacial score (nSPS) is 10.1. The summed E-state index contributed by atoms with van der Waals surface area (Å²) < 4.78 is 1.24. The Bertz CT molecular complexity index is 636. The van der Waals surface area contributed by atoms with Crippen LogP contribution in [0.2, 0.25) is 0 Å². The Morgan fingerprint density at radius 3 is 2.79 bits per heavy atom. The molecule has 0 aliphatic heterocycles. The molecule has 0 unspecified atom stereocenters. The molecule has 0 bridgehead atoms. The van der Waals surface area contributed by atoms with Crippen LogP contribution in [0.5, 0.6) is 0 Å². The van der Waals surface area contributed by atoms with E-state index in [1.807, 2.05) is 0 Å². The van der Waals surface area contributed by atoms with Gasteiger partial charge in [0.15, 0.2) is 0 Å². The maximum absolute atomic E-state index is 11.7. The van der Waals surface area contributed by atoms with Gasteiger partial charge in [-0.25, -0.2) is 4.68 Å². The molecule has 6 nitrogen and oxygen atoms in total. The van der Waals surface area contributed by atoms with E-state index >= 15 is 0 Å². The van der Waals surface area contributed by atoms with Crippen molar-refractivity contribution in [2.45, 2.75) is 13.0 Å². The molecule has 0 aliphatic rings. The van der Waals surface area contributed by atoms with E-state index < -0.39 is 0 Å². The van der Waals surface area contributed by atoms with Crippen molar-refractivity contribution >= 4 is 17.3 Å². The van der Waals surface area contributed by atoms with Crippen molar-refractivity contribution in [1.29, 1.82) is 0 Å². The molecule has 1 aromatic carbocycles. The maximum Gasteiger partial charge on any atom is 0.266 e. The molecular formula is C13H14N4O2. The summed E-state index contributed by atoms with van der Waals surface area (Å²) in [5, 5.41) is 6.57. The lowest BCUT2D eigenvalue weighted by molar-refractivity contribution is -0.116. The van der Waals surface area contributed by atoms with Gasteiger partial charge in [0.2, 0.25) is 5.91 Å². The van der Waals surface area contributed by atoms with Gasteiger partial charge in [0.05, 0.1) is 17.9 Å². The van der Waals surface area contributed by atoms with Crippen molar-refractivity contribution in [2.24, 2.45) is 0 Å². The quantitative estimate of drug-likeness (QED) is 0.796. The fourth-order valence-corrected chi connectivity index (χ4v) is 1.59. The van der Waals surface area contributed by atoms with Crippen molar-refractivity contribution < 1.29 is 4.79 Å². The van der Waals surface area contributed by atoms with Gasteiger partial charge in [-0.05, 0) is 18.2 Å². The van der Waals surface area contributed by atoms with Crippen LogP contribution in [-0.2, 0) is 11.3 Å². The number of benzene rings is 1. The van der Waals surface area contributed by atoms with Gasteiger partial charge >= 0.3 is 0 Å². The summed E-state index contributed by atoms with van der Waals surface area (Å²) in [5.74, 6) is -0.213. The second-order valence-electron chi connectivity index (χ2n) is 3.97. The number of hydrogen-bond donors (Lipinski definition) is 2. The fraction of sp³-hybridized carbons (Fsp3) is 0.154. The van der Waals surface area contributed by atoms with Gasteiger partial charge in [-0.2, -0.15) is 5.10 Å². The largest absolute Gasteiger partial charge is 0.397 e. The Labute approximate surface area is 109 Å². The molecule has 0 spiro atoms. The Morgan fingerprint density at radius 1 is 1.26 bits per heavy atom. The maximum atomic E-state index is 11.7. The van der Waals surface area contributed by atoms with Crippen molar-refractivity contribution in [3.8, 4) is 0 Å². The van der Waals surface area contributed by atoms with E-state index in [-0.39, 0.29) is 24.4 Å². The molecule has 0 fully saturated rings. The Hall–Kier alpha value is -2.63. The summed E-state index contributed by atoms with van der Waals surface area (Å²) in [6.45, 7) is 0.234. The van der Waals surface area contributed by atoms with Gasteiger partial charge < -0.3 is 11.1 Å². The topological polar surface area (TPSA) is 90.0 Å². The first kappa shape index (κ1) is 12.8. The highest BCUT2D eigenvalue weighted by atomic mass is 16.2. The monoisotopic (exact) mass is 258 g/mol. The molecule has 3 N–H and O–H groups in total. The minimum atomic E-state index is -0.227. The zero-order valence-electron chi connectivity index (χ0n) is 10.2. The molecule has 0 saturated carbocycles. The summed E-state index contributed by atoms with van der Waals surface area (Å²) in [7, 11) is 0. The Morgan fingerprint density at radius 2 is 2.05 bits per heavy atom. The summed E-state index contributed by atoms with van der Waals surface area (Å²) in [5.41, 5.74) is 6.57. The van der Waals surface area contributed by atoms with Gasteiger partial charge in [0.1, 0.15) is 0 Å².